The number of aryl methyl sites for hydroxylation is 1. The quantitative estimate of drug-likeness (QED) is 0.0630. The second kappa shape index (κ2) is 21.6. The molecule has 1 amide bonds. The molecule has 2 aliphatic rings. The number of allylic oxidation sites excluding steroid dienone is 4. The van der Waals surface area contributed by atoms with Gasteiger partial charge in [-0.3, -0.25) is 4.79 Å². The van der Waals surface area contributed by atoms with Crippen molar-refractivity contribution in [1.29, 1.82) is 0 Å². The van der Waals surface area contributed by atoms with Crippen LogP contribution in [0.3, 0.4) is 0 Å². The van der Waals surface area contributed by atoms with Crippen molar-refractivity contribution in [1.82, 2.24) is 5.32 Å². The van der Waals surface area contributed by atoms with Gasteiger partial charge in [-0.25, -0.2) is 0 Å². The molecule has 1 heterocycles. The fraction of sp³-hybridized carbons (Fsp3) is 0.500. The Hall–Kier alpha value is -4.93. The number of methoxy groups -OCH3 is 3. The lowest BCUT2D eigenvalue weighted by atomic mass is 9.93. The van der Waals surface area contributed by atoms with Crippen molar-refractivity contribution in [2.24, 2.45) is 0 Å². The third kappa shape index (κ3) is 12.3. The molecule has 0 unspecified atom stereocenters. The predicted octanol–water partition coefficient (Wildman–Crippen LogP) is 8.20. The van der Waals surface area contributed by atoms with E-state index < -0.39 is 36.7 Å². The van der Waals surface area contributed by atoms with E-state index in [0.717, 1.165) is 44.5 Å². The SMILES string of the molecule is COc1cc2c(c(OC)c1OC)-c1ccc(O[C@H]3O[C@H](COOC=C(C)C)[C@@H](OOC=C(C)C)[C@H](OOC=C(C)C)[C@H]3OOC=C(C)C)cc1[C@@H](NC(C)=O)CC2. The van der Waals surface area contributed by atoms with Crippen molar-refractivity contribution in [3.63, 3.8) is 0 Å². The lowest BCUT2D eigenvalue weighted by molar-refractivity contribution is -0.454. The maximum Gasteiger partial charge on any atom is 0.234 e. The molecule has 0 saturated carbocycles. The topological polar surface area (TPSA) is 149 Å². The minimum absolute atomic E-state index is 0.160. The molecule has 0 radical (unpaired) electrons. The number of hydrogen-bond donors (Lipinski definition) is 1. The maximum atomic E-state index is 12.6. The van der Waals surface area contributed by atoms with Crippen LogP contribution in [0.1, 0.15) is 85.9 Å². The minimum Gasteiger partial charge on any atom is -0.493 e. The van der Waals surface area contributed by atoms with Gasteiger partial charge in [-0.15, -0.1) is 0 Å². The molecule has 0 aromatic heterocycles. The number of nitrogens with one attached hydrogen (secondary N) is 1. The van der Waals surface area contributed by atoms with Crippen molar-refractivity contribution in [3.8, 4) is 34.1 Å². The summed E-state index contributed by atoms with van der Waals surface area (Å²) < 4.78 is 30.5. The lowest BCUT2D eigenvalue weighted by Gasteiger charge is -2.42. The Kier molecular flexibility index (Phi) is 16.9. The highest BCUT2D eigenvalue weighted by Crippen LogP contribution is 2.51. The van der Waals surface area contributed by atoms with Crippen LogP contribution >= 0.6 is 0 Å². The Morgan fingerprint density at radius 1 is 0.719 bits per heavy atom. The number of benzene rings is 2. The Labute approximate surface area is 335 Å². The van der Waals surface area contributed by atoms with Crippen molar-refractivity contribution in [3.05, 3.63) is 82.7 Å². The molecule has 1 N–H and O–H groups in total. The van der Waals surface area contributed by atoms with Crippen molar-refractivity contribution < 1.29 is 67.6 Å². The van der Waals surface area contributed by atoms with Gasteiger partial charge in [0, 0.05) is 12.5 Å². The first-order valence-electron chi connectivity index (χ1n) is 18.6. The van der Waals surface area contributed by atoms with E-state index in [2.05, 4.69) is 5.32 Å². The standard InChI is InChI=1S/C42H57NO14/c1-24(2)19-48-49-23-35-38(55-50-20-25(3)4)40(56-51-21-26(5)6)41(57-52-22-27(7)8)42(54-35)53-30-14-15-31-32(18-30)33(43-28(9)44)16-13-29-17-34(45-10)37(46-11)39(47-12)36(29)31/h14-15,17-22,33,35,38,40-42H,13,16,23H2,1-12H3,(H,43,44)/t33-,35+,38+,40-,41+,42-/m0/s1. The molecule has 1 fully saturated rings. The molecule has 2 aromatic carbocycles. The zero-order chi connectivity index (χ0) is 41.6. The summed E-state index contributed by atoms with van der Waals surface area (Å²) in [4.78, 5) is 57.8. The third-order valence-electron chi connectivity index (χ3n) is 8.44. The van der Waals surface area contributed by atoms with Gasteiger partial charge >= 0.3 is 0 Å². The Balaban J connectivity index is 1.84. The van der Waals surface area contributed by atoms with E-state index >= 15 is 0 Å². The summed E-state index contributed by atoms with van der Waals surface area (Å²) in [6.07, 6.45) is 1.42. The van der Waals surface area contributed by atoms with Crippen LogP contribution in [-0.4, -0.2) is 64.5 Å². The molecule has 1 aliphatic heterocycles. The summed E-state index contributed by atoms with van der Waals surface area (Å²) >= 11 is 0. The van der Waals surface area contributed by atoms with Gasteiger partial charge in [0.15, 0.2) is 29.8 Å². The Bertz CT molecular complexity index is 1770. The zero-order valence-corrected chi connectivity index (χ0v) is 34.9. The number of amides is 1. The molecule has 15 heteroatoms. The summed E-state index contributed by atoms with van der Waals surface area (Å²) in [6.45, 7) is 16.1. The molecule has 57 heavy (non-hydrogen) atoms. The van der Waals surface area contributed by atoms with Crippen LogP contribution < -0.4 is 24.3 Å². The van der Waals surface area contributed by atoms with Gasteiger partial charge in [-0.05, 0) is 125 Å². The van der Waals surface area contributed by atoms with Crippen LogP contribution in [0.5, 0.6) is 23.0 Å². The minimum atomic E-state index is -1.23. The van der Waals surface area contributed by atoms with Gasteiger partial charge in [0.05, 0.1) is 27.4 Å². The van der Waals surface area contributed by atoms with Crippen LogP contribution in [0.15, 0.2) is 71.6 Å². The maximum absolute atomic E-state index is 12.6. The molecule has 6 atom stereocenters. The van der Waals surface area contributed by atoms with Gasteiger partial charge in [-0.2, -0.15) is 19.6 Å². The second-order valence-corrected chi connectivity index (χ2v) is 14.5. The van der Waals surface area contributed by atoms with Gasteiger partial charge in [0.2, 0.25) is 17.9 Å². The van der Waals surface area contributed by atoms with Crippen molar-refractivity contribution in [2.45, 2.75) is 112 Å². The van der Waals surface area contributed by atoms with E-state index in [4.69, 9.17) is 62.8 Å². The molecule has 2 aromatic rings. The largest absolute Gasteiger partial charge is 0.493 e. The predicted molar refractivity (Wildman–Crippen MR) is 208 cm³/mol. The monoisotopic (exact) mass is 799 g/mol. The first kappa shape index (κ1) is 44.8. The number of rotatable bonds is 19. The molecule has 1 saturated heterocycles. The van der Waals surface area contributed by atoms with Gasteiger partial charge in [-0.1, -0.05) is 6.07 Å². The zero-order valence-electron chi connectivity index (χ0n) is 34.9. The summed E-state index contributed by atoms with van der Waals surface area (Å²) in [5.41, 5.74) is 6.71. The van der Waals surface area contributed by atoms with Crippen LogP contribution in [0.2, 0.25) is 0 Å². The fourth-order valence-electron chi connectivity index (χ4n) is 6.05. The van der Waals surface area contributed by atoms with Crippen molar-refractivity contribution in [2.75, 3.05) is 27.9 Å². The lowest BCUT2D eigenvalue weighted by Crippen LogP contribution is -2.62. The first-order chi connectivity index (χ1) is 27.3. The van der Waals surface area contributed by atoms with Crippen LogP contribution in [0.4, 0.5) is 0 Å². The number of carbonyl (C=O) groups is 1. The fourth-order valence-corrected chi connectivity index (χ4v) is 6.05. The molecular weight excluding hydrogens is 742 g/mol. The van der Waals surface area contributed by atoms with Crippen LogP contribution in [0.25, 0.3) is 11.1 Å². The summed E-state index contributed by atoms with van der Waals surface area (Å²) in [6, 6.07) is 7.06. The van der Waals surface area contributed by atoms with Crippen LogP contribution in [0, 0.1) is 0 Å². The van der Waals surface area contributed by atoms with Gasteiger partial charge in [0.25, 0.3) is 0 Å². The summed E-state index contributed by atoms with van der Waals surface area (Å²) in [5.74, 6) is 1.66. The second-order valence-electron chi connectivity index (χ2n) is 14.5. The first-order valence-corrected chi connectivity index (χ1v) is 18.6. The third-order valence-corrected chi connectivity index (χ3v) is 8.44. The van der Waals surface area contributed by atoms with E-state index in [0.29, 0.717) is 35.8 Å². The normalized spacial score (nSPS) is 20.8. The highest BCUT2D eigenvalue weighted by atomic mass is 17.2. The van der Waals surface area contributed by atoms with E-state index in [1.54, 1.807) is 27.4 Å². The average molecular weight is 800 g/mol. The van der Waals surface area contributed by atoms with Crippen molar-refractivity contribution >= 4 is 5.91 Å². The molecule has 1 aliphatic carbocycles. The molecule has 0 bridgehead atoms. The highest BCUT2D eigenvalue weighted by Gasteiger charge is 2.53. The average Bonchev–Trinajstić information content (AvgIpc) is 3.29. The highest BCUT2D eigenvalue weighted by molar-refractivity contribution is 5.84. The van der Waals surface area contributed by atoms with Gasteiger partial charge < -0.3 is 48.6 Å². The Morgan fingerprint density at radius 3 is 1.86 bits per heavy atom. The number of fused-ring (bicyclic) bond motifs is 3. The van der Waals surface area contributed by atoms with E-state index in [-0.39, 0.29) is 12.5 Å². The molecule has 314 valence electrons. The van der Waals surface area contributed by atoms with E-state index in [1.807, 2.05) is 73.6 Å². The molecule has 4 rings (SSSR count). The number of hydrogen-bond acceptors (Lipinski definition) is 14. The smallest absolute Gasteiger partial charge is 0.234 e. The molecule has 0 spiro atoms. The molecular formula is C42H57NO14. The summed E-state index contributed by atoms with van der Waals surface area (Å²) in [7, 11) is 4.71. The summed E-state index contributed by atoms with van der Waals surface area (Å²) in [5, 5.41) is 3.11. The molecule has 15 nitrogen and oxygen atoms in total. The number of carbonyl (C=O) groups excluding carboxylic acids is 1. The van der Waals surface area contributed by atoms with E-state index in [1.165, 1.54) is 32.0 Å². The van der Waals surface area contributed by atoms with Gasteiger partial charge in [0.1, 0.15) is 43.5 Å². The van der Waals surface area contributed by atoms with E-state index in [9.17, 15) is 4.79 Å². The van der Waals surface area contributed by atoms with Crippen LogP contribution in [-0.2, 0) is 55.1 Å². The Morgan fingerprint density at radius 2 is 1.30 bits per heavy atom. The number of ether oxygens (including phenoxy) is 5.